The van der Waals surface area contributed by atoms with E-state index in [0.29, 0.717) is 0 Å². The number of rotatable bonds is 4. The molecule has 1 fully saturated rings. The Bertz CT molecular complexity index is 870. The molecule has 0 aromatic heterocycles. The number of carbonyl (C=O) groups is 2. The van der Waals surface area contributed by atoms with Crippen LogP contribution in [0.1, 0.15) is 30.9 Å². The van der Waals surface area contributed by atoms with Gasteiger partial charge in [0.15, 0.2) is 0 Å². The van der Waals surface area contributed by atoms with E-state index >= 15 is 0 Å². The molecule has 140 valence electrons. The van der Waals surface area contributed by atoms with Gasteiger partial charge >= 0.3 is 0 Å². The molecule has 0 radical (unpaired) electrons. The Morgan fingerprint density at radius 2 is 2.11 bits per heavy atom. The largest absolute Gasteiger partial charge is 0.497 e. The van der Waals surface area contributed by atoms with E-state index in [2.05, 4.69) is 5.32 Å². The number of para-hydroxylation sites is 1. The maximum absolute atomic E-state index is 13.0. The average Bonchev–Trinajstić information content (AvgIpc) is 3.18. The summed E-state index contributed by atoms with van der Waals surface area (Å²) >= 11 is 1.48. The Balaban J connectivity index is 1.48. The molecule has 0 bridgehead atoms. The van der Waals surface area contributed by atoms with Crippen molar-refractivity contribution < 1.29 is 14.3 Å². The first-order valence-corrected chi connectivity index (χ1v) is 10.0. The quantitative estimate of drug-likeness (QED) is 0.872. The highest BCUT2D eigenvalue weighted by Gasteiger charge is 2.35. The number of amides is 2. The number of anilines is 1. The molecule has 2 aromatic carbocycles. The predicted molar refractivity (Wildman–Crippen MR) is 106 cm³/mol. The molecule has 0 saturated carbocycles. The van der Waals surface area contributed by atoms with Gasteiger partial charge in [0.25, 0.3) is 0 Å². The van der Waals surface area contributed by atoms with Crippen molar-refractivity contribution in [2.24, 2.45) is 0 Å². The Kier molecular flexibility index (Phi) is 5.07. The van der Waals surface area contributed by atoms with Gasteiger partial charge in [-0.2, -0.15) is 0 Å². The number of hydrogen-bond acceptors (Lipinski definition) is 4. The minimum absolute atomic E-state index is 0.0346. The minimum atomic E-state index is -0.390. The van der Waals surface area contributed by atoms with Crippen LogP contribution in [0.4, 0.5) is 5.69 Å². The number of nitrogens with zero attached hydrogens (tertiary/aromatic N) is 1. The molecule has 1 saturated heterocycles. The number of benzene rings is 2. The van der Waals surface area contributed by atoms with Crippen LogP contribution >= 0.6 is 11.8 Å². The lowest BCUT2D eigenvalue weighted by Crippen LogP contribution is -2.37. The molecule has 2 aromatic rings. The summed E-state index contributed by atoms with van der Waals surface area (Å²) in [5, 5.41) is 2.53. The summed E-state index contributed by atoms with van der Waals surface area (Å²) in [6.45, 7) is 0.732. The van der Waals surface area contributed by atoms with E-state index in [1.165, 1.54) is 11.8 Å². The van der Waals surface area contributed by atoms with Crippen molar-refractivity contribution in [1.82, 2.24) is 4.90 Å². The van der Waals surface area contributed by atoms with Gasteiger partial charge < -0.3 is 15.0 Å². The zero-order valence-electron chi connectivity index (χ0n) is 15.2. The Labute approximate surface area is 163 Å². The first-order chi connectivity index (χ1) is 13.2. The highest BCUT2D eigenvalue weighted by molar-refractivity contribution is 8.01. The van der Waals surface area contributed by atoms with Gasteiger partial charge in [0, 0.05) is 17.9 Å². The van der Waals surface area contributed by atoms with E-state index in [0.717, 1.165) is 41.3 Å². The molecule has 27 heavy (non-hydrogen) atoms. The van der Waals surface area contributed by atoms with Crippen LogP contribution in [0, 0.1) is 0 Å². The van der Waals surface area contributed by atoms with Crippen molar-refractivity contribution in [2.75, 3.05) is 19.0 Å². The number of thioether (sulfide) groups is 1. The number of likely N-dealkylation sites (tertiary alicyclic amines) is 1. The van der Waals surface area contributed by atoms with Crippen LogP contribution in [0.3, 0.4) is 0 Å². The standard InChI is InChI=1S/C21H22N2O3S/c1-26-15-7-4-6-14(12-15)17-9-5-11-23(17)20(24)13-19-21(25)22-16-8-2-3-10-18(16)27-19/h2-4,6-8,10,12,17,19H,5,9,11,13H2,1H3,(H,22,25)/t17-,19+/m1/s1. The lowest BCUT2D eigenvalue weighted by atomic mass is 10.0. The van der Waals surface area contributed by atoms with Crippen LogP contribution in [-0.2, 0) is 9.59 Å². The zero-order valence-corrected chi connectivity index (χ0v) is 16.0. The third-order valence-corrected chi connectivity index (χ3v) is 6.39. The summed E-state index contributed by atoms with van der Waals surface area (Å²) < 4.78 is 5.32. The van der Waals surface area contributed by atoms with Crippen molar-refractivity contribution in [2.45, 2.75) is 35.4 Å². The fourth-order valence-corrected chi connectivity index (χ4v) is 4.87. The topological polar surface area (TPSA) is 58.6 Å². The zero-order chi connectivity index (χ0) is 18.8. The molecule has 2 aliphatic heterocycles. The van der Waals surface area contributed by atoms with E-state index in [-0.39, 0.29) is 29.5 Å². The third kappa shape index (κ3) is 3.67. The summed E-state index contributed by atoms with van der Waals surface area (Å²) in [5.41, 5.74) is 1.91. The maximum Gasteiger partial charge on any atom is 0.238 e. The van der Waals surface area contributed by atoms with Crippen LogP contribution in [-0.4, -0.2) is 35.6 Å². The van der Waals surface area contributed by atoms with Crippen molar-refractivity contribution in [3.8, 4) is 5.75 Å². The molecule has 1 N–H and O–H groups in total. The Hall–Kier alpha value is -2.47. The fraction of sp³-hybridized carbons (Fsp3) is 0.333. The molecule has 6 heteroatoms. The molecule has 0 spiro atoms. The van der Waals surface area contributed by atoms with Gasteiger partial charge in [-0.1, -0.05) is 24.3 Å². The molecule has 0 unspecified atom stereocenters. The van der Waals surface area contributed by atoms with Gasteiger partial charge in [-0.15, -0.1) is 11.8 Å². The minimum Gasteiger partial charge on any atom is -0.497 e. The summed E-state index contributed by atoms with van der Waals surface area (Å²) in [6, 6.07) is 15.7. The van der Waals surface area contributed by atoms with Gasteiger partial charge in [0.05, 0.1) is 24.1 Å². The molecule has 2 aliphatic rings. The second-order valence-electron chi connectivity index (χ2n) is 6.82. The average molecular weight is 382 g/mol. The molecule has 2 atom stereocenters. The molecule has 0 aliphatic carbocycles. The number of methoxy groups -OCH3 is 1. The smallest absolute Gasteiger partial charge is 0.238 e. The molecule has 2 amide bonds. The predicted octanol–water partition coefficient (Wildman–Crippen LogP) is 3.86. The molecule has 2 heterocycles. The van der Waals surface area contributed by atoms with Crippen molar-refractivity contribution in [3.63, 3.8) is 0 Å². The maximum atomic E-state index is 13.0. The van der Waals surface area contributed by atoms with E-state index in [9.17, 15) is 9.59 Å². The summed E-state index contributed by atoms with van der Waals surface area (Å²) in [6.07, 6.45) is 2.12. The highest BCUT2D eigenvalue weighted by atomic mass is 32.2. The SMILES string of the molecule is COc1cccc([C@H]2CCCN2C(=O)C[C@@H]2Sc3ccccc3NC2=O)c1. The molecular formula is C21H22N2O3S. The Morgan fingerprint density at radius 1 is 1.26 bits per heavy atom. The van der Waals surface area contributed by atoms with E-state index in [4.69, 9.17) is 4.74 Å². The summed E-state index contributed by atoms with van der Waals surface area (Å²) in [7, 11) is 1.65. The van der Waals surface area contributed by atoms with Gasteiger partial charge in [-0.3, -0.25) is 9.59 Å². The van der Waals surface area contributed by atoms with Crippen LogP contribution < -0.4 is 10.1 Å². The normalized spacial score (nSPS) is 21.5. The van der Waals surface area contributed by atoms with E-state index in [1.54, 1.807) is 7.11 Å². The lowest BCUT2D eigenvalue weighted by Gasteiger charge is -2.29. The third-order valence-electron chi connectivity index (χ3n) is 5.12. The van der Waals surface area contributed by atoms with Gasteiger partial charge in [-0.05, 0) is 42.7 Å². The van der Waals surface area contributed by atoms with E-state index < -0.39 is 0 Å². The van der Waals surface area contributed by atoms with Crippen LogP contribution in [0.15, 0.2) is 53.4 Å². The summed E-state index contributed by atoms with van der Waals surface area (Å²) in [5.74, 6) is 0.738. The molecular weight excluding hydrogens is 360 g/mol. The van der Waals surface area contributed by atoms with Crippen molar-refractivity contribution in [1.29, 1.82) is 0 Å². The summed E-state index contributed by atoms with van der Waals surface area (Å²) in [4.78, 5) is 28.4. The van der Waals surface area contributed by atoms with Gasteiger partial charge in [0.2, 0.25) is 11.8 Å². The second-order valence-corrected chi connectivity index (χ2v) is 8.06. The second kappa shape index (κ2) is 7.64. The monoisotopic (exact) mass is 382 g/mol. The fourth-order valence-electron chi connectivity index (χ4n) is 3.76. The van der Waals surface area contributed by atoms with Gasteiger partial charge in [-0.25, -0.2) is 0 Å². The number of carbonyl (C=O) groups excluding carboxylic acids is 2. The number of fused-ring (bicyclic) bond motifs is 1. The number of hydrogen-bond donors (Lipinski definition) is 1. The van der Waals surface area contributed by atoms with Crippen LogP contribution in [0.5, 0.6) is 5.75 Å². The van der Waals surface area contributed by atoms with Crippen LogP contribution in [0.25, 0.3) is 0 Å². The lowest BCUT2D eigenvalue weighted by molar-refractivity contribution is -0.133. The molecule has 4 rings (SSSR count). The molecule has 5 nitrogen and oxygen atoms in total. The Morgan fingerprint density at radius 3 is 2.96 bits per heavy atom. The number of nitrogens with one attached hydrogen (secondary N) is 1. The van der Waals surface area contributed by atoms with Gasteiger partial charge in [0.1, 0.15) is 5.75 Å². The highest BCUT2D eigenvalue weighted by Crippen LogP contribution is 2.39. The number of ether oxygens (including phenoxy) is 1. The first-order valence-electron chi connectivity index (χ1n) is 9.15. The first kappa shape index (κ1) is 17.9. The van der Waals surface area contributed by atoms with E-state index in [1.807, 2.05) is 53.4 Å². The van der Waals surface area contributed by atoms with Crippen LogP contribution in [0.2, 0.25) is 0 Å². The van der Waals surface area contributed by atoms with Crippen molar-refractivity contribution in [3.05, 3.63) is 54.1 Å². The van der Waals surface area contributed by atoms with Crippen molar-refractivity contribution >= 4 is 29.3 Å².